The monoisotopic (exact) mass is 194 g/mol. The molecule has 2 aliphatic carbocycles. The Labute approximate surface area is 86.5 Å². The Hall–Kier alpha value is -0.530. The quantitative estimate of drug-likeness (QED) is 0.687. The number of hydrogen-bond acceptors (Lipinski definition) is 1. The molecule has 0 aromatic carbocycles. The number of amides is 1. The van der Waals surface area contributed by atoms with Gasteiger partial charge in [0.1, 0.15) is 0 Å². The van der Waals surface area contributed by atoms with Gasteiger partial charge in [0, 0.05) is 5.54 Å². The van der Waals surface area contributed by atoms with Gasteiger partial charge in [-0.15, -0.1) is 0 Å². The molecule has 1 N–H and O–H groups in total. The fraction of sp³-hybridized carbons (Fsp3) is 0.917. The summed E-state index contributed by atoms with van der Waals surface area (Å²) in [6.07, 6.45) is 13.6. The van der Waals surface area contributed by atoms with E-state index in [0.29, 0.717) is 0 Å². The third-order valence-corrected chi connectivity index (χ3v) is 4.18. The van der Waals surface area contributed by atoms with Gasteiger partial charge in [0.15, 0.2) is 0 Å². The van der Waals surface area contributed by atoms with Gasteiger partial charge in [-0.25, -0.2) is 0 Å². The van der Waals surface area contributed by atoms with Crippen molar-refractivity contribution in [2.45, 2.75) is 63.3 Å². The Bertz CT molecular complexity index is 190. The van der Waals surface area contributed by atoms with E-state index in [9.17, 15) is 4.79 Å². The summed E-state index contributed by atoms with van der Waals surface area (Å²) in [4.78, 5) is 10.6. The van der Waals surface area contributed by atoms with Crippen molar-refractivity contribution in [1.82, 2.24) is 5.32 Å². The largest absolute Gasteiger partial charge is 0.342 e. The van der Waals surface area contributed by atoms with Crippen molar-refractivity contribution in [2.24, 2.45) is 5.92 Å². The molecule has 14 heavy (non-hydrogen) atoms. The van der Waals surface area contributed by atoms with Crippen LogP contribution in [0.1, 0.15) is 57.8 Å². The molecule has 2 heteroatoms. The summed E-state index contributed by atoms with van der Waals surface area (Å²) in [7, 11) is 0. The summed E-state index contributed by atoms with van der Waals surface area (Å²) >= 11 is 0. The summed E-state index contributed by atoms with van der Waals surface area (Å²) in [5.74, 6) is 0.740. The first-order valence-electron chi connectivity index (χ1n) is 6.02. The summed E-state index contributed by atoms with van der Waals surface area (Å²) in [6, 6.07) is 0. The average molecular weight is 194 g/mol. The molecule has 2 fully saturated rings. The summed E-state index contributed by atoms with van der Waals surface area (Å²) < 4.78 is 0. The number of hydrogen-bond donors (Lipinski definition) is 1. The van der Waals surface area contributed by atoms with Gasteiger partial charge in [0.2, 0.25) is 0 Å². The lowest BCUT2D eigenvalue weighted by atomic mass is 9.72. The molecule has 1 radical (unpaired) electrons. The van der Waals surface area contributed by atoms with Crippen LogP contribution in [0, 0.1) is 5.92 Å². The Morgan fingerprint density at radius 3 is 2.21 bits per heavy atom. The zero-order valence-corrected chi connectivity index (χ0v) is 8.85. The van der Waals surface area contributed by atoms with Crippen molar-refractivity contribution in [2.75, 3.05) is 0 Å². The normalized spacial score (nSPS) is 27.4. The maximum atomic E-state index is 10.6. The molecule has 0 unspecified atom stereocenters. The van der Waals surface area contributed by atoms with Crippen LogP contribution in [0.2, 0.25) is 0 Å². The van der Waals surface area contributed by atoms with Crippen LogP contribution in [-0.4, -0.2) is 11.9 Å². The molecule has 2 saturated carbocycles. The minimum atomic E-state index is 0.135. The van der Waals surface area contributed by atoms with E-state index in [1.807, 2.05) is 6.41 Å². The van der Waals surface area contributed by atoms with Crippen molar-refractivity contribution >= 4 is 6.41 Å². The lowest BCUT2D eigenvalue weighted by Gasteiger charge is -2.41. The first-order chi connectivity index (χ1) is 6.87. The van der Waals surface area contributed by atoms with Gasteiger partial charge in [-0.3, -0.25) is 4.79 Å². The first-order valence-corrected chi connectivity index (χ1v) is 6.02. The summed E-state index contributed by atoms with van der Waals surface area (Å²) in [6.45, 7) is 0. The Balaban J connectivity index is 2.06. The molecule has 0 bridgehead atoms. The molecule has 2 nitrogen and oxygen atoms in total. The molecule has 0 heterocycles. The molecule has 2 aliphatic rings. The van der Waals surface area contributed by atoms with E-state index in [0.717, 1.165) is 5.92 Å². The Morgan fingerprint density at radius 1 is 1.00 bits per heavy atom. The molecule has 79 valence electrons. The van der Waals surface area contributed by atoms with Crippen molar-refractivity contribution < 1.29 is 4.79 Å². The van der Waals surface area contributed by atoms with Crippen LogP contribution < -0.4 is 5.32 Å². The predicted molar refractivity (Wildman–Crippen MR) is 56.6 cm³/mol. The Morgan fingerprint density at radius 2 is 1.64 bits per heavy atom. The van der Waals surface area contributed by atoms with Crippen LogP contribution in [0.15, 0.2) is 0 Å². The van der Waals surface area contributed by atoms with Gasteiger partial charge in [0.05, 0.1) is 0 Å². The lowest BCUT2D eigenvalue weighted by Crippen LogP contribution is -2.51. The van der Waals surface area contributed by atoms with Gasteiger partial charge in [-0.1, -0.05) is 32.1 Å². The van der Waals surface area contributed by atoms with Gasteiger partial charge in [-0.05, 0) is 31.6 Å². The molecule has 0 saturated heterocycles. The topological polar surface area (TPSA) is 29.1 Å². The standard InChI is InChI=1S/C12H20NO/c14-10-13-12(8-4-1-5-9-12)11-6-2-3-7-11/h11H,1-9H2,(H,13,14). The van der Waals surface area contributed by atoms with Crippen molar-refractivity contribution in [3.05, 3.63) is 0 Å². The maximum absolute atomic E-state index is 10.6. The van der Waals surface area contributed by atoms with E-state index in [1.165, 1.54) is 57.8 Å². The maximum Gasteiger partial charge on any atom is 0.309 e. The minimum absolute atomic E-state index is 0.135. The summed E-state index contributed by atoms with van der Waals surface area (Å²) in [5, 5.41) is 3.03. The van der Waals surface area contributed by atoms with Crippen LogP contribution in [0.5, 0.6) is 0 Å². The third-order valence-electron chi connectivity index (χ3n) is 4.18. The van der Waals surface area contributed by atoms with Gasteiger partial charge < -0.3 is 5.32 Å². The van der Waals surface area contributed by atoms with Gasteiger partial charge >= 0.3 is 6.41 Å². The highest BCUT2D eigenvalue weighted by Crippen LogP contribution is 2.42. The highest BCUT2D eigenvalue weighted by Gasteiger charge is 2.40. The van der Waals surface area contributed by atoms with Crippen molar-refractivity contribution in [3.8, 4) is 0 Å². The fourth-order valence-corrected chi connectivity index (χ4v) is 3.40. The molecule has 0 aromatic rings. The fourth-order valence-electron chi connectivity index (χ4n) is 3.40. The molecule has 0 aliphatic heterocycles. The van der Waals surface area contributed by atoms with Crippen molar-refractivity contribution in [1.29, 1.82) is 0 Å². The predicted octanol–water partition coefficient (Wildman–Crippen LogP) is 2.54. The smallest absolute Gasteiger partial charge is 0.309 e. The Kier molecular flexibility index (Phi) is 3.09. The SMILES string of the molecule is O=[C]NC1(C2CCCC2)CCCCC1. The molecule has 2 rings (SSSR count). The minimum Gasteiger partial charge on any atom is -0.342 e. The van der Waals surface area contributed by atoms with E-state index in [2.05, 4.69) is 5.32 Å². The summed E-state index contributed by atoms with van der Waals surface area (Å²) in [5.41, 5.74) is 0.135. The van der Waals surface area contributed by atoms with Crippen molar-refractivity contribution in [3.63, 3.8) is 0 Å². The average Bonchev–Trinajstić information content (AvgIpc) is 2.73. The van der Waals surface area contributed by atoms with Gasteiger partial charge in [-0.2, -0.15) is 0 Å². The van der Waals surface area contributed by atoms with Crippen LogP contribution >= 0.6 is 0 Å². The number of rotatable bonds is 3. The van der Waals surface area contributed by atoms with E-state index in [-0.39, 0.29) is 5.54 Å². The highest BCUT2D eigenvalue weighted by atomic mass is 16.1. The third kappa shape index (κ3) is 1.79. The van der Waals surface area contributed by atoms with Crippen LogP contribution in [-0.2, 0) is 4.79 Å². The van der Waals surface area contributed by atoms with Crippen LogP contribution in [0.4, 0.5) is 0 Å². The molecular formula is C12H20NO. The second-order valence-corrected chi connectivity index (χ2v) is 4.93. The van der Waals surface area contributed by atoms with E-state index in [4.69, 9.17) is 0 Å². The molecule has 1 amide bonds. The molecular weight excluding hydrogens is 174 g/mol. The molecule has 0 aromatic heterocycles. The lowest BCUT2D eigenvalue weighted by molar-refractivity contribution is 0.171. The number of nitrogens with one attached hydrogen (secondary N) is 1. The zero-order valence-electron chi connectivity index (χ0n) is 8.85. The van der Waals surface area contributed by atoms with E-state index in [1.54, 1.807) is 0 Å². The van der Waals surface area contributed by atoms with Crippen LogP contribution in [0.25, 0.3) is 0 Å². The highest BCUT2D eigenvalue weighted by molar-refractivity contribution is 5.49. The second-order valence-electron chi connectivity index (χ2n) is 4.93. The van der Waals surface area contributed by atoms with E-state index < -0.39 is 0 Å². The number of carbonyl (C=O) groups excluding carboxylic acids is 1. The van der Waals surface area contributed by atoms with E-state index >= 15 is 0 Å². The second kappa shape index (κ2) is 4.33. The first kappa shape index (κ1) is 10.0. The molecule has 0 atom stereocenters. The van der Waals surface area contributed by atoms with Crippen LogP contribution in [0.3, 0.4) is 0 Å². The zero-order chi connectivity index (χ0) is 9.86. The van der Waals surface area contributed by atoms with Gasteiger partial charge in [0.25, 0.3) is 0 Å². The molecule has 0 spiro atoms.